The van der Waals surface area contributed by atoms with Crippen LogP contribution in [0.15, 0.2) is 0 Å². The van der Waals surface area contributed by atoms with Crippen molar-refractivity contribution < 1.29 is 9.90 Å². The van der Waals surface area contributed by atoms with Crippen molar-refractivity contribution >= 4 is 23.1 Å². The van der Waals surface area contributed by atoms with Crippen LogP contribution in [-0.2, 0) is 4.79 Å². The summed E-state index contributed by atoms with van der Waals surface area (Å²) in [4.78, 5) is 16.6. The molecule has 19 heavy (non-hydrogen) atoms. The van der Waals surface area contributed by atoms with E-state index in [1.807, 2.05) is 0 Å². The van der Waals surface area contributed by atoms with Crippen molar-refractivity contribution in [3.8, 4) is 0 Å². The van der Waals surface area contributed by atoms with Gasteiger partial charge in [0, 0.05) is 32.1 Å². The molecule has 2 rings (SSSR count). The first-order chi connectivity index (χ1) is 8.97. The summed E-state index contributed by atoms with van der Waals surface area (Å²) in [6.45, 7) is 1.04. The predicted octanol–water partition coefficient (Wildman–Crippen LogP) is 0.109. The molecular formula is C13H23N3O2S. The number of carbonyl (C=O) groups is 1. The van der Waals surface area contributed by atoms with Crippen LogP contribution in [0.1, 0.15) is 32.1 Å². The first-order valence-corrected chi connectivity index (χ1v) is 7.34. The van der Waals surface area contributed by atoms with Gasteiger partial charge < -0.3 is 15.7 Å². The summed E-state index contributed by atoms with van der Waals surface area (Å²) in [5, 5.41) is 9.75. The van der Waals surface area contributed by atoms with E-state index in [4.69, 9.17) is 18.0 Å². The van der Waals surface area contributed by atoms with Gasteiger partial charge in [-0.15, -0.1) is 0 Å². The average molecular weight is 285 g/mol. The molecule has 2 heterocycles. The number of piperidine rings is 1. The van der Waals surface area contributed by atoms with Gasteiger partial charge in [-0.2, -0.15) is 0 Å². The summed E-state index contributed by atoms with van der Waals surface area (Å²) in [6, 6.07) is 0.753. The summed E-state index contributed by atoms with van der Waals surface area (Å²) < 4.78 is 0. The molecule has 2 atom stereocenters. The van der Waals surface area contributed by atoms with Crippen LogP contribution in [0.2, 0.25) is 0 Å². The predicted molar refractivity (Wildman–Crippen MR) is 77.8 cm³/mol. The van der Waals surface area contributed by atoms with Gasteiger partial charge in [-0.05, 0) is 25.7 Å². The van der Waals surface area contributed by atoms with Crippen molar-refractivity contribution in [1.29, 1.82) is 0 Å². The topological polar surface area (TPSA) is 69.8 Å². The van der Waals surface area contributed by atoms with Gasteiger partial charge in [-0.25, -0.2) is 0 Å². The molecule has 2 aliphatic heterocycles. The minimum Gasteiger partial charge on any atom is -0.393 e. The van der Waals surface area contributed by atoms with Crippen molar-refractivity contribution in [3.05, 3.63) is 0 Å². The lowest BCUT2D eigenvalue weighted by Gasteiger charge is -2.37. The van der Waals surface area contributed by atoms with Gasteiger partial charge in [0.25, 0.3) is 0 Å². The van der Waals surface area contributed by atoms with Crippen LogP contribution in [0.5, 0.6) is 0 Å². The van der Waals surface area contributed by atoms with Crippen LogP contribution in [0, 0.1) is 0 Å². The van der Waals surface area contributed by atoms with E-state index < -0.39 is 0 Å². The molecule has 2 aliphatic rings. The molecule has 0 saturated carbocycles. The number of fused-ring (bicyclic) bond motifs is 2. The highest BCUT2D eigenvalue weighted by Gasteiger charge is 2.40. The third-order valence-corrected chi connectivity index (χ3v) is 4.50. The Morgan fingerprint density at radius 3 is 2.53 bits per heavy atom. The lowest BCUT2D eigenvalue weighted by Crippen LogP contribution is -2.49. The van der Waals surface area contributed by atoms with E-state index in [0.29, 0.717) is 36.6 Å². The van der Waals surface area contributed by atoms with Crippen LogP contribution < -0.4 is 5.73 Å². The minimum atomic E-state index is -0.184. The quantitative estimate of drug-likeness (QED) is 0.702. The van der Waals surface area contributed by atoms with Crippen molar-refractivity contribution in [2.24, 2.45) is 5.73 Å². The Balaban J connectivity index is 1.84. The first-order valence-electron chi connectivity index (χ1n) is 6.93. The number of aliphatic hydroxyl groups excluding tert-OH is 1. The SMILES string of the molecule is CN(CCC(N)=S)C(=O)CN1C2CCC1CC(O)C2. The molecule has 0 radical (unpaired) electrons. The van der Waals surface area contributed by atoms with Crippen LogP contribution in [-0.4, -0.2) is 64.1 Å². The van der Waals surface area contributed by atoms with Crippen LogP contribution in [0.3, 0.4) is 0 Å². The van der Waals surface area contributed by atoms with E-state index >= 15 is 0 Å². The fourth-order valence-corrected chi connectivity index (χ4v) is 3.27. The van der Waals surface area contributed by atoms with Crippen LogP contribution >= 0.6 is 12.2 Å². The second kappa shape index (κ2) is 6.15. The number of hydrogen-bond acceptors (Lipinski definition) is 4. The molecule has 0 aliphatic carbocycles. The Morgan fingerprint density at radius 1 is 1.42 bits per heavy atom. The summed E-state index contributed by atoms with van der Waals surface area (Å²) >= 11 is 4.82. The van der Waals surface area contributed by atoms with E-state index in [2.05, 4.69) is 4.90 Å². The third kappa shape index (κ3) is 3.64. The molecule has 2 unspecified atom stereocenters. The Labute approximate surface area is 119 Å². The summed E-state index contributed by atoms with van der Waals surface area (Å²) in [5.41, 5.74) is 5.45. The summed E-state index contributed by atoms with van der Waals surface area (Å²) in [7, 11) is 1.79. The van der Waals surface area contributed by atoms with Crippen molar-refractivity contribution in [3.63, 3.8) is 0 Å². The van der Waals surface area contributed by atoms with Gasteiger partial charge in [-0.1, -0.05) is 12.2 Å². The molecule has 108 valence electrons. The standard InChI is InChI=1S/C13H23N3O2S/c1-15(5-4-12(14)19)13(18)8-16-9-2-3-10(16)7-11(17)6-9/h9-11,17H,2-8H2,1H3,(H2,14,19). The largest absolute Gasteiger partial charge is 0.393 e. The van der Waals surface area contributed by atoms with Gasteiger partial charge in [0.15, 0.2) is 0 Å². The van der Waals surface area contributed by atoms with Crippen molar-refractivity contribution in [2.45, 2.75) is 50.3 Å². The van der Waals surface area contributed by atoms with Crippen LogP contribution in [0.4, 0.5) is 0 Å². The molecule has 2 bridgehead atoms. The van der Waals surface area contributed by atoms with Gasteiger partial charge in [0.05, 0.1) is 17.6 Å². The smallest absolute Gasteiger partial charge is 0.236 e. The number of nitrogens with two attached hydrogens (primary N) is 1. The molecule has 0 spiro atoms. The Kier molecular flexibility index (Phi) is 4.76. The Hall–Kier alpha value is -0.720. The first kappa shape index (κ1) is 14.7. The van der Waals surface area contributed by atoms with E-state index in [1.54, 1.807) is 11.9 Å². The number of likely N-dealkylation sites (N-methyl/N-ethyl adjacent to an activating group) is 1. The molecule has 1 amide bonds. The Bertz CT molecular complexity index is 350. The zero-order chi connectivity index (χ0) is 14.0. The molecule has 0 aromatic carbocycles. The average Bonchev–Trinajstić information content (AvgIpc) is 2.59. The van der Waals surface area contributed by atoms with Crippen molar-refractivity contribution in [1.82, 2.24) is 9.80 Å². The molecule has 2 fully saturated rings. The highest BCUT2D eigenvalue weighted by Crippen LogP contribution is 2.35. The zero-order valence-corrected chi connectivity index (χ0v) is 12.2. The monoisotopic (exact) mass is 285 g/mol. The van der Waals surface area contributed by atoms with Gasteiger partial charge >= 0.3 is 0 Å². The second-order valence-corrected chi connectivity index (χ2v) is 6.24. The lowest BCUT2D eigenvalue weighted by atomic mass is 10.00. The number of carbonyl (C=O) groups excluding carboxylic acids is 1. The molecular weight excluding hydrogens is 262 g/mol. The number of aliphatic hydroxyl groups is 1. The number of nitrogens with zero attached hydrogens (tertiary/aromatic N) is 2. The Morgan fingerprint density at radius 2 is 2.00 bits per heavy atom. The maximum atomic E-state index is 12.2. The molecule has 6 heteroatoms. The zero-order valence-electron chi connectivity index (χ0n) is 11.4. The number of amides is 1. The maximum absolute atomic E-state index is 12.2. The molecule has 0 aromatic rings. The normalized spacial score (nSPS) is 30.3. The number of rotatable bonds is 5. The summed E-state index contributed by atoms with van der Waals surface area (Å²) in [5.74, 6) is 0.115. The third-order valence-electron chi connectivity index (χ3n) is 4.30. The highest BCUT2D eigenvalue weighted by molar-refractivity contribution is 7.80. The molecule has 2 saturated heterocycles. The van der Waals surface area contributed by atoms with Gasteiger partial charge in [0.2, 0.25) is 5.91 Å². The highest BCUT2D eigenvalue weighted by atomic mass is 32.1. The van der Waals surface area contributed by atoms with E-state index in [1.165, 1.54) is 0 Å². The fraction of sp³-hybridized carbons (Fsp3) is 0.846. The van der Waals surface area contributed by atoms with E-state index in [-0.39, 0.29) is 12.0 Å². The van der Waals surface area contributed by atoms with Gasteiger partial charge in [0.1, 0.15) is 0 Å². The molecule has 0 aromatic heterocycles. The summed E-state index contributed by atoms with van der Waals surface area (Å²) in [6.07, 6.45) is 4.21. The number of thiocarbonyl (C=S) groups is 1. The second-order valence-electron chi connectivity index (χ2n) is 5.71. The van der Waals surface area contributed by atoms with E-state index in [0.717, 1.165) is 25.7 Å². The van der Waals surface area contributed by atoms with Crippen molar-refractivity contribution in [2.75, 3.05) is 20.1 Å². The van der Waals surface area contributed by atoms with Crippen LogP contribution in [0.25, 0.3) is 0 Å². The molecule has 3 N–H and O–H groups in total. The number of hydrogen-bond donors (Lipinski definition) is 2. The lowest BCUT2D eigenvalue weighted by molar-refractivity contribution is -0.132. The fourth-order valence-electron chi connectivity index (χ4n) is 3.18. The maximum Gasteiger partial charge on any atom is 0.236 e. The molecule has 5 nitrogen and oxygen atoms in total. The minimum absolute atomic E-state index is 0.115. The van der Waals surface area contributed by atoms with E-state index in [9.17, 15) is 9.90 Å². The van der Waals surface area contributed by atoms with Gasteiger partial charge in [-0.3, -0.25) is 9.69 Å².